The number of sulfonamides is 1. The molecule has 0 aliphatic carbocycles. The van der Waals surface area contributed by atoms with E-state index in [9.17, 15) is 13.2 Å². The van der Waals surface area contributed by atoms with E-state index in [2.05, 4.69) is 4.98 Å². The number of aromatic nitrogens is 2. The molecule has 0 amide bonds. The lowest BCUT2D eigenvalue weighted by Crippen LogP contribution is -2.35. The van der Waals surface area contributed by atoms with Gasteiger partial charge in [-0.1, -0.05) is 6.42 Å². The van der Waals surface area contributed by atoms with Gasteiger partial charge in [0.2, 0.25) is 10.0 Å². The van der Waals surface area contributed by atoms with Crippen LogP contribution in [-0.2, 0) is 16.6 Å². The molecule has 28 heavy (non-hydrogen) atoms. The van der Waals surface area contributed by atoms with Crippen molar-refractivity contribution in [1.29, 1.82) is 0 Å². The van der Waals surface area contributed by atoms with Gasteiger partial charge in [-0.3, -0.25) is 9.20 Å². The number of rotatable bonds is 5. The van der Waals surface area contributed by atoms with Crippen molar-refractivity contribution in [3.63, 3.8) is 0 Å². The normalized spacial score (nSPS) is 15.8. The number of fused-ring (bicyclic) bond motifs is 1. The van der Waals surface area contributed by atoms with E-state index in [1.54, 1.807) is 33.0 Å². The van der Waals surface area contributed by atoms with Crippen molar-refractivity contribution >= 4 is 26.3 Å². The fourth-order valence-corrected chi connectivity index (χ4v) is 5.70. The highest BCUT2D eigenvalue weighted by atomic mass is 32.2. The molecule has 148 valence electrons. The Bertz CT molecular complexity index is 1140. The third kappa shape index (κ3) is 3.69. The highest BCUT2D eigenvalue weighted by Crippen LogP contribution is 2.23. The van der Waals surface area contributed by atoms with Gasteiger partial charge in [0.15, 0.2) is 4.96 Å². The summed E-state index contributed by atoms with van der Waals surface area (Å²) >= 11 is 1.41. The fraction of sp³-hybridized carbons (Fsp3) is 0.368. The molecule has 4 rings (SSSR count). The predicted molar refractivity (Wildman–Crippen MR) is 107 cm³/mol. The first kappa shape index (κ1) is 19.1. The first-order chi connectivity index (χ1) is 13.4. The molecule has 0 N–H and O–H groups in total. The van der Waals surface area contributed by atoms with Gasteiger partial charge in [-0.25, -0.2) is 13.4 Å². The van der Waals surface area contributed by atoms with Crippen LogP contribution >= 0.6 is 11.3 Å². The summed E-state index contributed by atoms with van der Waals surface area (Å²) in [6.45, 7) is 3.15. The zero-order chi connectivity index (χ0) is 19.7. The maximum Gasteiger partial charge on any atom is 0.259 e. The number of ether oxygens (including phenoxy) is 1. The Hall–Kier alpha value is -2.23. The Kier molecular flexibility index (Phi) is 5.22. The Balaban J connectivity index is 1.47. The summed E-state index contributed by atoms with van der Waals surface area (Å²) in [7, 11) is -3.45. The molecule has 1 saturated heterocycles. The van der Waals surface area contributed by atoms with Gasteiger partial charge in [-0.15, -0.1) is 11.3 Å². The van der Waals surface area contributed by atoms with Crippen LogP contribution in [0.1, 0.15) is 30.7 Å². The standard InChI is InChI=1S/C19H21N3O4S2/c1-14-13-27-19-20-15(11-18(23)22(14)19)12-26-16-5-7-17(8-6-16)28(24,25)21-9-3-2-4-10-21/h5-8,11,13H,2-4,9-10,12H2,1H3. The molecule has 0 bridgehead atoms. The van der Waals surface area contributed by atoms with Crippen molar-refractivity contribution in [2.75, 3.05) is 13.1 Å². The number of aryl methyl sites for hydroxylation is 1. The highest BCUT2D eigenvalue weighted by molar-refractivity contribution is 7.89. The Morgan fingerprint density at radius 1 is 1.14 bits per heavy atom. The van der Waals surface area contributed by atoms with Gasteiger partial charge in [-0.2, -0.15) is 4.31 Å². The Morgan fingerprint density at radius 2 is 1.86 bits per heavy atom. The van der Waals surface area contributed by atoms with Gasteiger partial charge < -0.3 is 4.74 Å². The van der Waals surface area contributed by atoms with Crippen LogP contribution in [0.25, 0.3) is 4.96 Å². The minimum atomic E-state index is -3.45. The lowest BCUT2D eigenvalue weighted by Gasteiger charge is -2.25. The summed E-state index contributed by atoms with van der Waals surface area (Å²) in [5, 5.41) is 1.88. The minimum Gasteiger partial charge on any atom is -0.487 e. The van der Waals surface area contributed by atoms with Crippen molar-refractivity contribution in [2.24, 2.45) is 0 Å². The lowest BCUT2D eigenvalue weighted by atomic mass is 10.2. The summed E-state index contributed by atoms with van der Waals surface area (Å²) in [4.78, 5) is 17.5. The maximum absolute atomic E-state index is 12.7. The van der Waals surface area contributed by atoms with Gasteiger partial charge in [0.1, 0.15) is 12.4 Å². The maximum atomic E-state index is 12.7. The minimum absolute atomic E-state index is 0.134. The summed E-state index contributed by atoms with van der Waals surface area (Å²) in [6.07, 6.45) is 2.89. The zero-order valence-corrected chi connectivity index (χ0v) is 17.1. The van der Waals surface area contributed by atoms with E-state index in [4.69, 9.17) is 4.74 Å². The molecule has 3 heterocycles. The van der Waals surface area contributed by atoms with Crippen LogP contribution in [0.4, 0.5) is 0 Å². The molecule has 0 radical (unpaired) electrons. The number of hydrogen-bond acceptors (Lipinski definition) is 6. The summed E-state index contributed by atoms with van der Waals surface area (Å²) in [6, 6.07) is 7.86. The van der Waals surface area contributed by atoms with Crippen molar-refractivity contribution in [3.8, 4) is 5.75 Å². The molecule has 0 atom stereocenters. The molecule has 1 aromatic carbocycles. The van der Waals surface area contributed by atoms with Crippen LogP contribution in [0.15, 0.2) is 45.4 Å². The van der Waals surface area contributed by atoms with Crippen LogP contribution in [0.3, 0.4) is 0 Å². The molecular weight excluding hydrogens is 398 g/mol. The molecular formula is C19H21N3O4S2. The van der Waals surface area contributed by atoms with E-state index in [-0.39, 0.29) is 17.1 Å². The number of thiazole rings is 1. The smallest absolute Gasteiger partial charge is 0.259 e. The van der Waals surface area contributed by atoms with Crippen LogP contribution in [0.2, 0.25) is 0 Å². The molecule has 3 aromatic rings. The van der Waals surface area contributed by atoms with E-state index in [0.717, 1.165) is 25.0 Å². The SMILES string of the molecule is Cc1csc2nc(COc3ccc(S(=O)(=O)N4CCCCC4)cc3)cc(=O)n12. The van der Waals surface area contributed by atoms with Crippen LogP contribution in [0.5, 0.6) is 5.75 Å². The quantitative estimate of drug-likeness (QED) is 0.635. The van der Waals surface area contributed by atoms with Crippen molar-refractivity contribution in [3.05, 3.63) is 57.5 Å². The van der Waals surface area contributed by atoms with Crippen LogP contribution in [-0.4, -0.2) is 35.2 Å². The highest BCUT2D eigenvalue weighted by Gasteiger charge is 2.25. The largest absolute Gasteiger partial charge is 0.487 e. The topological polar surface area (TPSA) is 81.0 Å². The zero-order valence-electron chi connectivity index (χ0n) is 15.5. The molecule has 7 nitrogen and oxygen atoms in total. The first-order valence-electron chi connectivity index (χ1n) is 9.15. The Morgan fingerprint density at radius 3 is 2.57 bits per heavy atom. The summed E-state index contributed by atoms with van der Waals surface area (Å²) < 4.78 is 34.2. The number of hydrogen-bond donors (Lipinski definition) is 0. The second kappa shape index (κ2) is 7.65. The molecule has 1 aliphatic heterocycles. The lowest BCUT2D eigenvalue weighted by molar-refractivity contribution is 0.301. The molecule has 0 saturated carbocycles. The van der Waals surface area contributed by atoms with Crippen LogP contribution in [0, 0.1) is 6.92 Å². The molecule has 1 fully saturated rings. The molecule has 0 spiro atoms. The summed E-state index contributed by atoms with van der Waals surface area (Å²) in [5.74, 6) is 0.530. The molecule has 2 aromatic heterocycles. The monoisotopic (exact) mass is 419 g/mol. The number of nitrogens with zero attached hydrogens (tertiary/aromatic N) is 3. The predicted octanol–water partition coefficient (Wildman–Crippen LogP) is 2.82. The average molecular weight is 420 g/mol. The molecule has 1 aliphatic rings. The van der Waals surface area contributed by atoms with Gasteiger partial charge >= 0.3 is 0 Å². The average Bonchev–Trinajstić information content (AvgIpc) is 3.08. The molecule has 9 heteroatoms. The third-order valence-corrected chi connectivity index (χ3v) is 7.65. The summed E-state index contributed by atoms with van der Waals surface area (Å²) in [5.41, 5.74) is 1.26. The second-order valence-corrected chi connectivity index (χ2v) is 9.58. The van der Waals surface area contributed by atoms with E-state index in [0.29, 0.717) is 29.5 Å². The number of benzene rings is 1. The fourth-order valence-electron chi connectivity index (χ4n) is 3.29. The third-order valence-electron chi connectivity index (χ3n) is 4.79. The number of piperidine rings is 1. The van der Waals surface area contributed by atoms with Gasteiger partial charge in [0.25, 0.3) is 5.56 Å². The van der Waals surface area contributed by atoms with Gasteiger partial charge in [-0.05, 0) is 44.0 Å². The van der Waals surface area contributed by atoms with E-state index >= 15 is 0 Å². The van der Waals surface area contributed by atoms with E-state index in [1.165, 1.54) is 17.4 Å². The van der Waals surface area contributed by atoms with Gasteiger partial charge in [0.05, 0.1) is 10.6 Å². The van der Waals surface area contributed by atoms with Crippen molar-refractivity contribution in [1.82, 2.24) is 13.7 Å². The van der Waals surface area contributed by atoms with E-state index in [1.807, 2.05) is 12.3 Å². The first-order valence-corrected chi connectivity index (χ1v) is 11.5. The van der Waals surface area contributed by atoms with Crippen molar-refractivity contribution < 1.29 is 13.2 Å². The molecule has 0 unspecified atom stereocenters. The second-order valence-electron chi connectivity index (χ2n) is 6.81. The van der Waals surface area contributed by atoms with E-state index < -0.39 is 10.0 Å². The Labute approximate surface area is 167 Å². The van der Waals surface area contributed by atoms with Crippen LogP contribution < -0.4 is 10.3 Å². The van der Waals surface area contributed by atoms with Crippen molar-refractivity contribution in [2.45, 2.75) is 37.7 Å². The van der Waals surface area contributed by atoms with Gasteiger partial charge in [0, 0.05) is 30.2 Å².